The van der Waals surface area contributed by atoms with Crippen molar-refractivity contribution in [3.8, 4) is 23.0 Å². The molecule has 0 unspecified atom stereocenters. The Bertz CT molecular complexity index is 748. The summed E-state index contributed by atoms with van der Waals surface area (Å²) in [6.45, 7) is -0.426. The Kier molecular flexibility index (Phi) is 7.31. The Morgan fingerprint density at radius 2 is 1.70 bits per heavy atom. The summed E-state index contributed by atoms with van der Waals surface area (Å²) < 4.78 is 21.1. The highest BCUT2D eigenvalue weighted by Gasteiger charge is 2.15. The molecule has 2 aromatic carbocycles. The zero-order valence-electron chi connectivity index (χ0n) is 15.6. The van der Waals surface area contributed by atoms with Gasteiger partial charge in [-0.25, -0.2) is 4.79 Å². The van der Waals surface area contributed by atoms with Crippen LogP contribution in [0.5, 0.6) is 23.0 Å². The van der Waals surface area contributed by atoms with Gasteiger partial charge in [0.2, 0.25) is 5.75 Å². The predicted octanol–water partition coefficient (Wildman–Crippen LogP) is 2.84. The summed E-state index contributed by atoms with van der Waals surface area (Å²) >= 11 is 0. The number of aryl methyl sites for hydroxylation is 1. The van der Waals surface area contributed by atoms with Crippen molar-refractivity contribution in [3.63, 3.8) is 0 Å². The molecule has 0 heterocycles. The molecule has 0 bridgehead atoms. The third kappa shape index (κ3) is 5.52. The Labute approximate surface area is 158 Å². The standard InChI is InChI=1S/C20H24O7/c1-24-17-9-13(10-18(25-2)20(17)26-3)7-8-16(21)14-5-4-6-15(11-14)27-12-19(22)23/h4-6,9-11,16,21H,7-8,12H2,1-3H3,(H,22,23)/t16-/m1/s1. The average molecular weight is 376 g/mol. The summed E-state index contributed by atoms with van der Waals surface area (Å²) in [5, 5.41) is 19.2. The van der Waals surface area contributed by atoms with Gasteiger partial charge in [0.1, 0.15) is 5.75 Å². The van der Waals surface area contributed by atoms with Crippen LogP contribution in [0.4, 0.5) is 0 Å². The van der Waals surface area contributed by atoms with Crippen LogP contribution in [0.2, 0.25) is 0 Å². The van der Waals surface area contributed by atoms with Crippen LogP contribution in [0.1, 0.15) is 23.7 Å². The lowest BCUT2D eigenvalue weighted by Crippen LogP contribution is -2.09. The maximum atomic E-state index is 10.6. The summed E-state index contributed by atoms with van der Waals surface area (Å²) in [4.78, 5) is 10.6. The first kappa shape index (κ1) is 20.4. The number of carbonyl (C=O) groups is 1. The molecule has 2 rings (SSSR count). The molecule has 146 valence electrons. The zero-order valence-corrected chi connectivity index (χ0v) is 15.6. The summed E-state index contributed by atoms with van der Waals surface area (Å²) in [6, 6.07) is 10.5. The van der Waals surface area contributed by atoms with Crippen molar-refractivity contribution in [2.45, 2.75) is 18.9 Å². The average Bonchev–Trinajstić information content (AvgIpc) is 2.69. The van der Waals surface area contributed by atoms with Crippen molar-refractivity contribution in [2.75, 3.05) is 27.9 Å². The van der Waals surface area contributed by atoms with E-state index < -0.39 is 18.7 Å². The van der Waals surface area contributed by atoms with Crippen molar-refractivity contribution < 1.29 is 34.0 Å². The number of methoxy groups -OCH3 is 3. The predicted molar refractivity (Wildman–Crippen MR) is 99.0 cm³/mol. The van der Waals surface area contributed by atoms with Gasteiger partial charge in [-0.2, -0.15) is 0 Å². The number of carboxylic acids is 1. The SMILES string of the molecule is COc1cc(CC[C@@H](O)c2cccc(OCC(=O)O)c2)cc(OC)c1OC. The third-order valence-corrected chi connectivity index (χ3v) is 4.04. The topological polar surface area (TPSA) is 94.5 Å². The Balaban J connectivity index is 2.08. The maximum Gasteiger partial charge on any atom is 0.341 e. The zero-order chi connectivity index (χ0) is 19.8. The van der Waals surface area contributed by atoms with E-state index in [-0.39, 0.29) is 0 Å². The maximum absolute atomic E-state index is 10.6. The molecule has 2 N–H and O–H groups in total. The molecule has 2 aromatic rings. The highest BCUT2D eigenvalue weighted by Crippen LogP contribution is 2.38. The van der Waals surface area contributed by atoms with Crippen molar-refractivity contribution in [2.24, 2.45) is 0 Å². The van der Waals surface area contributed by atoms with Crippen molar-refractivity contribution in [1.29, 1.82) is 0 Å². The number of benzene rings is 2. The van der Waals surface area contributed by atoms with Crippen molar-refractivity contribution in [1.82, 2.24) is 0 Å². The monoisotopic (exact) mass is 376 g/mol. The molecular weight excluding hydrogens is 352 g/mol. The van der Waals surface area contributed by atoms with Gasteiger partial charge in [-0.3, -0.25) is 0 Å². The molecule has 0 saturated carbocycles. The number of aliphatic carboxylic acids is 1. The fraction of sp³-hybridized carbons (Fsp3) is 0.350. The van der Waals surface area contributed by atoms with Gasteiger partial charge in [0.15, 0.2) is 18.1 Å². The molecule has 0 aliphatic heterocycles. The number of ether oxygens (including phenoxy) is 4. The van der Waals surface area contributed by atoms with Gasteiger partial charge in [-0.1, -0.05) is 12.1 Å². The lowest BCUT2D eigenvalue weighted by Gasteiger charge is -2.16. The summed E-state index contributed by atoms with van der Waals surface area (Å²) in [5.41, 5.74) is 1.59. The van der Waals surface area contributed by atoms with E-state index in [0.717, 1.165) is 5.56 Å². The van der Waals surface area contributed by atoms with Crippen molar-refractivity contribution in [3.05, 3.63) is 47.5 Å². The Hall–Kier alpha value is -2.93. The van der Waals surface area contributed by atoms with Crippen molar-refractivity contribution >= 4 is 5.97 Å². The van der Waals surface area contributed by atoms with E-state index in [4.69, 9.17) is 24.1 Å². The van der Waals surface area contributed by atoms with Gasteiger partial charge in [0.05, 0.1) is 27.4 Å². The minimum Gasteiger partial charge on any atom is -0.493 e. The van der Waals surface area contributed by atoms with Crippen LogP contribution in [0.15, 0.2) is 36.4 Å². The summed E-state index contributed by atoms with van der Waals surface area (Å²) in [5.74, 6) is 0.994. The molecular formula is C20H24O7. The fourth-order valence-corrected chi connectivity index (χ4v) is 2.71. The molecule has 1 atom stereocenters. The normalized spacial score (nSPS) is 11.6. The number of aliphatic hydroxyl groups is 1. The van der Waals surface area contributed by atoms with Crippen LogP contribution in [0.3, 0.4) is 0 Å². The molecule has 7 nitrogen and oxygen atoms in total. The molecule has 0 aromatic heterocycles. The fourth-order valence-electron chi connectivity index (χ4n) is 2.71. The first-order valence-corrected chi connectivity index (χ1v) is 8.40. The highest BCUT2D eigenvalue weighted by atomic mass is 16.5. The van der Waals surface area contributed by atoms with Gasteiger partial charge < -0.3 is 29.2 Å². The minimum atomic E-state index is -1.05. The van der Waals surface area contributed by atoms with Gasteiger partial charge in [0.25, 0.3) is 0 Å². The largest absolute Gasteiger partial charge is 0.493 e. The van der Waals surface area contributed by atoms with Crippen LogP contribution in [-0.4, -0.2) is 44.1 Å². The van der Waals surface area contributed by atoms with E-state index in [2.05, 4.69) is 0 Å². The van der Waals surface area contributed by atoms with E-state index >= 15 is 0 Å². The van der Waals surface area contributed by atoms with Crippen LogP contribution >= 0.6 is 0 Å². The molecule has 0 radical (unpaired) electrons. The van der Waals surface area contributed by atoms with Gasteiger partial charge in [-0.05, 0) is 48.2 Å². The molecule has 7 heteroatoms. The molecule has 27 heavy (non-hydrogen) atoms. The second-order valence-corrected chi connectivity index (χ2v) is 5.84. The van der Waals surface area contributed by atoms with E-state index in [0.29, 0.717) is 41.4 Å². The van der Waals surface area contributed by atoms with E-state index in [9.17, 15) is 9.90 Å². The first-order valence-electron chi connectivity index (χ1n) is 8.40. The minimum absolute atomic E-state index is 0.404. The van der Waals surface area contributed by atoms with Gasteiger partial charge in [0, 0.05) is 0 Å². The third-order valence-electron chi connectivity index (χ3n) is 4.04. The number of carboxylic acid groups (broad SMARTS) is 1. The highest BCUT2D eigenvalue weighted by molar-refractivity contribution is 5.68. The van der Waals surface area contributed by atoms with Crippen LogP contribution in [0.25, 0.3) is 0 Å². The lowest BCUT2D eigenvalue weighted by atomic mass is 10.0. The first-order chi connectivity index (χ1) is 13.0. The number of rotatable bonds is 10. The second kappa shape index (κ2) is 9.68. The Morgan fingerprint density at radius 3 is 2.26 bits per heavy atom. The summed E-state index contributed by atoms with van der Waals surface area (Å²) in [7, 11) is 4.65. The molecule has 0 aliphatic rings. The van der Waals surface area contributed by atoms with Crippen LogP contribution < -0.4 is 18.9 Å². The molecule has 0 fully saturated rings. The summed E-state index contributed by atoms with van der Waals surface area (Å²) in [6.07, 6.45) is 0.316. The lowest BCUT2D eigenvalue weighted by molar-refractivity contribution is -0.139. The van der Waals surface area contributed by atoms with E-state index in [1.807, 2.05) is 12.1 Å². The van der Waals surface area contributed by atoms with Gasteiger partial charge >= 0.3 is 5.97 Å². The van der Waals surface area contributed by atoms with Gasteiger partial charge in [-0.15, -0.1) is 0 Å². The van der Waals surface area contributed by atoms with E-state index in [1.54, 1.807) is 45.6 Å². The second-order valence-electron chi connectivity index (χ2n) is 5.84. The number of hydrogen-bond donors (Lipinski definition) is 2. The number of hydrogen-bond acceptors (Lipinski definition) is 6. The Morgan fingerprint density at radius 1 is 1.04 bits per heavy atom. The van der Waals surface area contributed by atoms with Crippen LogP contribution in [0, 0.1) is 0 Å². The number of aliphatic hydroxyl groups excluding tert-OH is 1. The molecule has 0 amide bonds. The molecule has 0 spiro atoms. The van der Waals surface area contributed by atoms with E-state index in [1.165, 1.54) is 0 Å². The molecule has 0 saturated heterocycles. The smallest absolute Gasteiger partial charge is 0.341 e. The molecule has 0 aliphatic carbocycles. The van der Waals surface area contributed by atoms with Crippen LogP contribution in [-0.2, 0) is 11.2 Å². The quantitative estimate of drug-likeness (QED) is 0.658.